The van der Waals surface area contributed by atoms with Gasteiger partial charge < -0.3 is 0 Å². The van der Waals surface area contributed by atoms with Crippen LogP contribution >= 0.6 is 0 Å². The second-order valence-electron chi connectivity index (χ2n) is 4.38. The minimum atomic E-state index is 1.03. The predicted molar refractivity (Wildman–Crippen MR) is 74.4 cm³/mol. The number of unbranched alkanes of at least 4 members (excludes halogenated alkanes) is 8. The van der Waals surface area contributed by atoms with Gasteiger partial charge in [-0.1, -0.05) is 70.3 Å². The van der Waals surface area contributed by atoms with Crippen LogP contribution < -0.4 is 0 Å². The first kappa shape index (κ1) is 15.3. The molecule has 0 saturated heterocycles. The van der Waals surface area contributed by atoms with Gasteiger partial charge in [-0.3, -0.25) is 0 Å². The van der Waals surface area contributed by atoms with E-state index in [1.807, 2.05) is 6.08 Å². The highest BCUT2D eigenvalue weighted by molar-refractivity contribution is 5.14. The van der Waals surface area contributed by atoms with Crippen LogP contribution in [0.15, 0.2) is 12.2 Å². The maximum atomic E-state index is 3.12. The molecule has 92 valence electrons. The van der Waals surface area contributed by atoms with E-state index in [-0.39, 0.29) is 0 Å². The lowest BCUT2D eigenvalue weighted by atomic mass is 10.1. The third kappa shape index (κ3) is 13.3. The van der Waals surface area contributed by atoms with Gasteiger partial charge in [-0.05, 0) is 25.3 Å². The maximum absolute atomic E-state index is 3.12. The topological polar surface area (TPSA) is 0 Å². The molecule has 0 aliphatic rings. The van der Waals surface area contributed by atoms with E-state index in [1.165, 1.54) is 57.8 Å². The van der Waals surface area contributed by atoms with Crippen molar-refractivity contribution in [2.75, 3.05) is 0 Å². The number of allylic oxidation sites excluding steroid dienone is 2. The molecule has 0 aromatic carbocycles. The van der Waals surface area contributed by atoms with Gasteiger partial charge >= 0.3 is 0 Å². The highest BCUT2D eigenvalue weighted by atomic mass is 13.9. The normalized spacial score (nSPS) is 10.4. The Morgan fingerprint density at radius 2 is 1.50 bits per heavy atom. The van der Waals surface area contributed by atoms with Crippen molar-refractivity contribution in [1.82, 2.24) is 0 Å². The van der Waals surface area contributed by atoms with Gasteiger partial charge in [0.25, 0.3) is 0 Å². The summed E-state index contributed by atoms with van der Waals surface area (Å²) < 4.78 is 0. The van der Waals surface area contributed by atoms with Crippen molar-refractivity contribution in [1.29, 1.82) is 0 Å². The van der Waals surface area contributed by atoms with E-state index >= 15 is 0 Å². The predicted octanol–water partition coefficient (Wildman–Crippen LogP) is 5.49. The smallest absolute Gasteiger partial charge is 0.00896 e. The molecule has 16 heavy (non-hydrogen) atoms. The SMILES string of the molecule is CCCC#C/C=C/CCCCCCCCC. The largest absolute Gasteiger partial charge is 0.0985 e. The summed E-state index contributed by atoms with van der Waals surface area (Å²) >= 11 is 0. The van der Waals surface area contributed by atoms with Crippen molar-refractivity contribution in [2.45, 2.75) is 78.1 Å². The second kappa shape index (κ2) is 14.3. The molecule has 0 rings (SSSR count). The lowest BCUT2D eigenvalue weighted by Crippen LogP contribution is -1.78. The molecule has 0 aliphatic heterocycles. The molecule has 0 N–H and O–H groups in total. The summed E-state index contributed by atoms with van der Waals surface area (Å²) in [5.74, 6) is 6.20. The summed E-state index contributed by atoms with van der Waals surface area (Å²) in [7, 11) is 0. The molecule has 0 amide bonds. The van der Waals surface area contributed by atoms with Crippen LogP contribution in [0.25, 0.3) is 0 Å². The molecular formula is C16H28. The highest BCUT2D eigenvalue weighted by Crippen LogP contribution is 2.08. The summed E-state index contributed by atoms with van der Waals surface area (Å²) in [6, 6.07) is 0. The molecule has 0 aliphatic carbocycles. The van der Waals surface area contributed by atoms with Crippen LogP contribution in [0.1, 0.15) is 78.1 Å². The van der Waals surface area contributed by atoms with Gasteiger partial charge in [-0.25, -0.2) is 0 Å². The summed E-state index contributed by atoms with van der Waals surface area (Å²) in [6.07, 6.45) is 17.4. The lowest BCUT2D eigenvalue weighted by Gasteiger charge is -1.98. The van der Waals surface area contributed by atoms with Crippen LogP contribution in [0.4, 0.5) is 0 Å². The van der Waals surface area contributed by atoms with Crippen molar-refractivity contribution >= 4 is 0 Å². The number of hydrogen-bond acceptors (Lipinski definition) is 0. The van der Waals surface area contributed by atoms with Gasteiger partial charge in [0.15, 0.2) is 0 Å². The second-order valence-corrected chi connectivity index (χ2v) is 4.38. The fraction of sp³-hybridized carbons (Fsp3) is 0.750. The van der Waals surface area contributed by atoms with Crippen molar-refractivity contribution in [3.05, 3.63) is 12.2 Å². The van der Waals surface area contributed by atoms with Crippen LogP contribution in [0.2, 0.25) is 0 Å². The summed E-state index contributed by atoms with van der Waals surface area (Å²) in [5, 5.41) is 0. The average Bonchev–Trinajstić information content (AvgIpc) is 2.31. The Kier molecular flexibility index (Phi) is 13.7. The minimum Gasteiger partial charge on any atom is -0.0985 e. The maximum Gasteiger partial charge on any atom is 0.00896 e. The van der Waals surface area contributed by atoms with Gasteiger partial charge in [0.2, 0.25) is 0 Å². The van der Waals surface area contributed by atoms with Crippen LogP contribution in [0.3, 0.4) is 0 Å². The zero-order chi connectivity index (χ0) is 11.9. The van der Waals surface area contributed by atoms with E-state index in [0.29, 0.717) is 0 Å². The molecule has 0 spiro atoms. The summed E-state index contributed by atoms with van der Waals surface area (Å²) in [5.41, 5.74) is 0. The third-order valence-electron chi connectivity index (χ3n) is 2.65. The van der Waals surface area contributed by atoms with Gasteiger partial charge in [0.1, 0.15) is 0 Å². The van der Waals surface area contributed by atoms with Crippen LogP contribution in [-0.4, -0.2) is 0 Å². The Morgan fingerprint density at radius 3 is 2.19 bits per heavy atom. The first-order valence-electron chi connectivity index (χ1n) is 7.05. The van der Waals surface area contributed by atoms with Gasteiger partial charge in [0.05, 0.1) is 0 Å². The first-order valence-corrected chi connectivity index (χ1v) is 7.05. The van der Waals surface area contributed by atoms with Crippen molar-refractivity contribution < 1.29 is 0 Å². The molecule has 0 saturated carbocycles. The molecule has 0 unspecified atom stereocenters. The fourth-order valence-electron chi connectivity index (χ4n) is 1.62. The molecule has 0 atom stereocenters. The van der Waals surface area contributed by atoms with E-state index in [1.54, 1.807) is 0 Å². The van der Waals surface area contributed by atoms with Crippen LogP contribution in [0.5, 0.6) is 0 Å². The van der Waals surface area contributed by atoms with E-state index in [4.69, 9.17) is 0 Å². The van der Waals surface area contributed by atoms with Crippen LogP contribution in [0, 0.1) is 11.8 Å². The molecule has 0 bridgehead atoms. The molecule has 0 fully saturated rings. The summed E-state index contributed by atoms with van der Waals surface area (Å²) in [4.78, 5) is 0. The molecule has 0 radical (unpaired) electrons. The zero-order valence-electron chi connectivity index (χ0n) is 11.2. The Bertz CT molecular complexity index is 202. The minimum absolute atomic E-state index is 1.03. The van der Waals surface area contributed by atoms with Gasteiger partial charge in [0, 0.05) is 6.42 Å². The van der Waals surface area contributed by atoms with E-state index < -0.39 is 0 Å². The van der Waals surface area contributed by atoms with E-state index in [2.05, 4.69) is 31.8 Å². The number of rotatable bonds is 9. The quantitative estimate of drug-likeness (QED) is 0.356. The zero-order valence-corrected chi connectivity index (χ0v) is 11.2. The van der Waals surface area contributed by atoms with Crippen molar-refractivity contribution in [2.24, 2.45) is 0 Å². The lowest BCUT2D eigenvalue weighted by molar-refractivity contribution is 0.592. The summed E-state index contributed by atoms with van der Waals surface area (Å²) in [6.45, 7) is 4.43. The first-order chi connectivity index (χ1) is 7.91. The van der Waals surface area contributed by atoms with Gasteiger partial charge in [-0.15, -0.1) is 0 Å². The molecule has 0 nitrogen and oxygen atoms in total. The highest BCUT2D eigenvalue weighted by Gasteiger charge is 1.88. The Balaban J connectivity index is 3.12. The van der Waals surface area contributed by atoms with Crippen molar-refractivity contribution in [3.8, 4) is 11.8 Å². The Labute approximate surface area is 103 Å². The number of hydrogen-bond donors (Lipinski definition) is 0. The van der Waals surface area contributed by atoms with E-state index in [0.717, 1.165) is 6.42 Å². The van der Waals surface area contributed by atoms with Crippen LogP contribution in [-0.2, 0) is 0 Å². The molecular weight excluding hydrogens is 192 g/mol. The standard InChI is InChI=1S/C16H28/c1-3-5-7-9-11-13-15-16-14-12-10-8-6-4-2/h12,14H,3-7,9,11,13,15-16H2,1-2H3/b14-12+. The Hall–Kier alpha value is -0.700. The third-order valence-corrected chi connectivity index (χ3v) is 2.65. The average molecular weight is 220 g/mol. The van der Waals surface area contributed by atoms with E-state index in [9.17, 15) is 0 Å². The molecule has 0 aromatic heterocycles. The monoisotopic (exact) mass is 220 g/mol. The molecule has 0 heteroatoms. The fourth-order valence-corrected chi connectivity index (χ4v) is 1.62. The van der Waals surface area contributed by atoms with Gasteiger partial charge in [-0.2, -0.15) is 0 Å². The van der Waals surface area contributed by atoms with Crippen molar-refractivity contribution in [3.63, 3.8) is 0 Å². The molecule has 0 aromatic rings. The molecule has 0 heterocycles. The Morgan fingerprint density at radius 1 is 0.812 bits per heavy atom.